The Morgan fingerprint density at radius 3 is 2.95 bits per heavy atom. The second-order valence-corrected chi connectivity index (χ2v) is 5.87. The van der Waals surface area contributed by atoms with Crippen LogP contribution in [0, 0.1) is 0 Å². The fraction of sp³-hybridized carbons (Fsp3) is 0.769. The summed E-state index contributed by atoms with van der Waals surface area (Å²) >= 11 is 1.43. The van der Waals surface area contributed by atoms with E-state index in [9.17, 15) is 4.79 Å². The van der Waals surface area contributed by atoms with E-state index in [4.69, 9.17) is 0 Å². The van der Waals surface area contributed by atoms with Crippen molar-refractivity contribution in [2.45, 2.75) is 33.2 Å². The van der Waals surface area contributed by atoms with Crippen LogP contribution in [0.5, 0.6) is 0 Å². The van der Waals surface area contributed by atoms with Gasteiger partial charge in [-0.25, -0.2) is 0 Å². The Morgan fingerprint density at radius 2 is 2.20 bits per heavy atom. The van der Waals surface area contributed by atoms with Crippen LogP contribution >= 0.6 is 11.5 Å². The van der Waals surface area contributed by atoms with Crippen molar-refractivity contribution in [1.82, 2.24) is 19.4 Å². The summed E-state index contributed by atoms with van der Waals surface area (Å²) < 4.78 is 4.05. The largest absolute Gasteiger partial charge is 0.374 e. The molecule has 0 radical (unpaired) electrons. The van der Waals surface area contributed by atoms with Crippen molar-refractivity contribution in [3.8, 4) is 0 Å². The molecule has 6 nitrogen and oxygen atoms in total. The van der Waals surface area contributed by atoms with Gasteiger partial charge in [-0.1, -0.05) is 11.4 Å². The fourth-order valence-electron chi connectivity index (χ4n) is 2.34. The Labute approximate surface area is 124 Å². The molecule has 2 rings (SSSR count). The quantitative estimate of drug-likeness (QED) is 0.890. The number of nitrogens with one attached hydrogen (secondary N) is 1. The van der Waals surface area contributed by atoms with Crippen LogP contribution in [0.1, 0.15) is 32.4 Å². The number of anilines is 1. The van der Waals surface area contributed by atoms with Crippen LogP contribution in [0.15, 0.2) is 0 Å². The van der Waals surface area contributed by atoms with Gasteiger partial charge in [0, 0.05) is 57.7 Å². The van der Waals surface area contributed by atoms with Gasteiger partial charge in [0.15, 0.2) is 0 Å². The molecule has 1 aromatic heterocycles. The van der Waals surface area contributed by atoms with Crippen LogP contribution in [0.4, 0.5) is 5.00 Å². The molecule has 112 valence electrons. The Kier molecular flexibility index (Phi) is 5.72. The van der Waals surface area contributed by atoms with Crippen LogP contribution in [0.25, 0.3) is 0 Å². The van der Waals surface area contributed by atoms with Gasteiger partial charge in [-0.05, 0) is 12.8 Å². The third-order valence-corrected chi connectivity index (χ3v) is 4.22. The highest BCUT2D eigenvalue weighted by atomic mass is 32.1. The number of aromatic nitrogens is 2. The van der Waals surface area contributed by atoms with Crippen LogP contribution in [0.3, 0.4) is 0 Å². The smallest absolute Gasteiger partial charge is 0.219 e. The van der Waals surface area contributed by atoms with Gasteiger partial charge < -0.3 is 10.2 Å². The Balaban J connectivity index is 1.90. The maximum atomic E-state index is 11.4. The molecule has 0 unspecified atom stereocenters. The van der Waals surface area contributed by atoms with Gasteiger partial charge in [-0.2, -0.15) is 0 Å². The summed E-state index contributed by atoms with van der Waals surface area (Å²) in [5.74, 6) is 0.174. The minimum absolute atomic E-state index is 0.174. The van der Waals surface area contributed by atoms with E-state index in [0.717, 1.165) is 62.8 Å². The predicted octanol–water partition coefficient (Wildman–Crippen LogP) is 1.41. The van der Waals surface area contributed by atoms with Crippen molar-refractivity contribution >= 4 is 22.4 Å². The van der Waals surface area contributed by atoms with E-state index in [1.165, 1.54) is 11.5 Å². The SMILES string of the molecule is CCCNc1snnc1CN1CCCN(C(C)=O)CC1. The molecule has 1 saturated heterocycles. The van der Waals surface area contributed by atoms with Crippen LogP contribution in [-0.2, 0) is 11.3 Å². The summed E-state index contributed by atoms with van der Waals surface area (Å²) in [7, 11) is 0. The molecule has 0 saturated carbocycles. The minimum Gasteiger partial charge on any atom is -0.374 e. The van der Waals surface area contributed by atoms with Crippen LogP contribution in [0.2, 0.25) is 0 Å². The van der Waals surface area contributed by atoms with Gasteiger partial charge in [0.25, 0.3) is 0 Å². The molecule has 1 fully saturated rings. The van der Waals surface area contributed by atoms with E-state index >= 15 is 0 Å². The highest BCUT2D eigenvalue weighted by molar-refractivity contribution is 7.10. The van der Waals surface area contributed by atoms with E-state index in [1.54, 1.807) is 6.92 Å². The molecule has 1 aliphatic rings. The first-order valence-corrected chi connectivity index (χ1v) is 8.01. The van der Waals surface area contributed by atoms with E-state index in [0.29, 0.717) is 0 Å². The van der Waals surface area contributed by atoms with Crippen molar-refractivity contribution in [3.63, 3.8) is 0 Å². The number of hydrogen-bond acceptors (Lipinski definition) is 6. The van der Waals surface area contributed by atoms with Gasteiger partial charge in [0.05, 0.1) is 0 Å². The van der Waals surface area contributed by atoms with Gasteiger partial charge in [0.1, 0.15) is 10.7 Å². The number of carbonyl (C=O) groups excluding carboxylic acids is 1. The Hall–Kier alpha value is -1.21. The topological polar surface area (TPSA) is 61.4 Å². The maximum Gasteiger partial charge on any atom is 0.219 e. The first-order valence-electron chi connectivity index (χ1n) is 7.23. The third-order valence-electron chi connectivity index (χ3n) is 3.50. The lowest BCUT2D eigenvalue weighted by molar-refractivity contribution is -0.128. The lowest BCUT2D eigenvalue weighted by Crippen LogP contribution is -2.33. The molecule has 1 N–H and O–H groups in total. The molecule has 1 amide bonds. The van der Waals surface area contributed by atoms with Crippen LogP contribution < -0.4 is 5.32 Å². The number of carbonyl (C=O) groups is 1. The summed E-state index contributed by atoms with van der Waals surface area (Å²) in [5.41, 5.74) is 1.03. The van der Waals surface area contributed by atoms with E-state index < -0.39 is 0 Å². The first kappa shape index (κ1) is 15.2. The van der Waals surface area contributed by atoms with E-state index in [2.05, 4.69) is 26.7 Å². The highest BCUT2D eigenvalue weighted by Gasteiger charge is 2.18. The summed E-state index contributed by atoms with van der Waals surface area (Å²) in [5, 5.41) is 8.69. The zero-order valence-electron chi connectivity index (χ0n) is 12.3. The number of nitrogens with zero attached hydrogens (tertiary/aromatic N) is 4. The normalized spacial score (nSPS) is 17.0. The zero-order chi connectivity index (χ0) is 14.4. The average Bonchev–Trinajstić information content (AvgIpc) is 2.71. The van der Waals surface area contributed by atoms with Crippen molar-refractivity contribution in [3.05, 3.63) is 5.69 Å². The monoisotopic (exact) mass is 297 g/mol. The number of amides is 1. The molecule has 0 aromatic carbocycles. The molecule has 0 atom stereocenters. The molecule has 0 bridgehead atoms. The van der Waals surface area contributed by atoms with Crippen LogP contribution in [-0.4, -0.2) is 58.0 Å². The molecule has 20 heavy (non-hydrogen) atoms. The maximum absolute atomic E-state index is 11.4. The van der Waals surface area contributed by atoms with Gasteiger partial charge in [-0.3, -0.25) is 9.69 Å². The van der Waals surface area contributed by atoms with Crippen molar-refractivity contribution < 1.29 is 4.79 Å². The molecule has 1 aromatic rings. The van der Waals surface area contributed by atoms with Gasteiger partial charge >= 0.3 is 0 Å². The van der Waals surface area contributed by atoms with E-state index in [-0.39, 0.29) is 5.91 Å². The third kappa shape index (κ3) is 4.14. The summed E-state index contributed by atoms with van der Waals surface area (Å²) in [6, 6.07) is 0. The standard InChI is InChI=1S/C13H23N5OS/c1-3-5-14-13-12(15-16-20-13)10-17-6-4-7-18(9-8-17)11(2)19/h14H,3-10H2,1-2H3. The summed E-state index contributed by atoms with van der Waals surface area (Å²) in [6.45, 7) is 9.15. The lowest BCUT2D eigenvalue weighted by Gasteiger charge is -2.20. The Morgan fingerprint density at radius 1 is 1.35 bits per heavy atom. The van der Waals surface area contributed by atoms with Gasteiger partial charge in [-0.15, -0.1) is 5.10 Å². The van der Waals surface area contributed by atoms with Crippen molar-refractivity contribution in [2.75, 3.05) is 38.0 Å². The number of hydrogen-bond donors (Lipinski definition) is 1. The molecule has 0 aliphatic carbocycles. The molecule has 1 aliphatic heterocycles. The minimum atomic E-state index is 0.174. The second kappa shape index (κ2) is 7.54. The summed E-state index contributed by atoms with van der Waals surface area (Å²) in [4.78, 5) is 15.7. The van der Waals surface area contributed by atoms with Crippen molar-refractivity contribution in [1.29, 1.82) is 0 Å². The molecule has 2 heterocycles. The zero-order valence-corrected chi connectivity index (χ0v) is 13.1. The first-order chi connectivity index (χ1) is 9.70. The average molecular weight is 297 g/mol. The predicted molar refractivity (Wildman–Crippen MR) is 80.8 cm³/mol. The highest BCUT2D eigenvalue weighted by Crippen LogP contribution is 2.20. The van der Waals surface area contributed by atoms with Gasteiger partial charge in [0.2, 0.25) is 5.91 Å². The molecular formula is C13H23N5OS. The Bertz CT molecular complexity index is 436. The summed E-state index contributed by atoms with van der Waals surface area (Å²) in [6.07, 6.45) is 2.11. The molecule has 7 heteroatoms. The lowest BCUT2D eigenvalue weighted by atomic mass is 10.3. The van der Waals surface area contributed by atoms with E-state index in [1.807, 2.05) is 4.90 Å². The number of rotatable bonds is 5. The molecule has 0 spiro atoms. The molecular weight excluding hydrogens is 274 g/mol. The second-order valence-electron chi connectivity index (χ2n) is 5.11. The fourth-order valence-corrected chi connectivity index (χ4v) is 2.94. The van der Waals surface area contributed by atoms with Crippen molar-refractivity contribution in [2.24, 2.45) is 0 Å².